The third-order valence-electron chi connectivity index (χ3n) is 4.59. The van der Waals surface area contributed by atoms with Gasteiger partial charge in [0.25, 0.3) is 0 Å². The summed E-state index contributed by atoms with van der Waals surface area (Å²) in [4.78, 5) is 0. The first-order valence-corrected chi connectivity index (χ1v) is 5.57. The van der Waals surface area contributed by atoms with Crippen molar-refractivity contribution in [3.63, 3.8) is 0 Å². The van der Waals surface area contributed by atoms with Crippen molar-refractivity contribution in [1.29, 1.82) is 0 Å². The number of ether oxygens (including phenoxy) is 1. The first kappa shape index (κ1) is 8.05. The van der Waals surface area contributed by atoms with Crippen LogP contribution in [0.25, 0.3) is 0 Å². The normalized spacial score (nSPS) is 56.2. The quantitative estimate of drug-likeness (QED) is 0.410. The lowest BCUT2D eigenvalue weighted by atomic mass is 9.68. The smallest absolute Gasteiger partial charge is 0.0878 e. The van der Waals surface area contributed by atoms with Gasteiger partial charge in [-0.3, -0.25) is 0 Å². The second-order valence-corrected chi connectivity index (χ2v) is 5.05. The fraction of sp³-hybridized carbons (Fsp3) is 0.833. The molecule has 1 heteroatoms. The summed E-state index contributed by atoms with van der Waals surface area (Å²) in [6.07, 6.45) is 8.99. The first-order valence-electron chi connectivity index (χ1n) is 5.57. The first-order chi connectivity index (χ1) is 6.25. The fourth-order valence-corrected chi connectivity index (χ4v) is 3.68. The van der Waals surface area contributed by atoms with E-state index < -0.39 is 0 Å². The Labute approximate surface area is 80.2 Å². The molecule has 3 fully saturated rings. The molecule has 3 aliphatic rings. The van der Waals surface area contributed by atoms with Gasteiger partial charge in [-0.05, 0) is 43.9 Å². The SMILES string of the molecule is C/C=C1/CC[C@H]2C3O[C@H]3CC[C@]12C. The van der Waals surface area contributed by atoms with E-state index in [9.17, 15) is 0 Å². The van der Waals surface area contributed by atoms with Crippen molar-refractivity contribution in [2.75, 3.05) is 0 Å². The zero-order valence-corrected chi connectivity index (χ0v) is 8.55. The van der Waals surface area contributed by atoms with Gasteiger partial charge in [0.1, 0.15) is 0 Å². The fourth-order valence-electron chi connectivity index (χ4n) is 3.68. The van der Waals surface area contributed by atoms with Crippen LogP contribution in [0.4, 0.5) is 0 Å². The predicted octanol–water partition coefficient (Wildman–Crippen LogP) is 2.91. The van der Waals surface area contributed by atoms with Gasteiger partial charge in [0.15, 0.2) is 0 Å². The molecule has 4 atom stereocenters. The summed E-state index contributed by atoms with van der Waals surface area (Å²) in [7, 11) is 0. The van der Waals surface area contributed by atoms with Crippen molar-refractivity contribution in [2.24, 2.45) is 11.3 Å². The van der Waals surface area contributed by atoms with Gasteiger partial charge in [0, 0.05) is 0 Å². The molecular formula is C12H18O. The Morgan fingerprint density at radius 1 is 1.46 bits per heavy atom. The highest BCUT2D eigenvalue weighted by Gasteiger charge is 2.58. The van der Waals surface area contributed by atoms with Crippen molar-refractivity contribution in [3.05, 3.63) is 11.6 Å². The molecule has 2 aliphatic carbocycles. The number of allylic oxidation sites excluding steroid dienone is 2. The maximum absolute atomic E-state index is 5.72. The molecule has 0 N–H and O–H groups in total. The second-order valence-electron chi connectivity index (χ2n) is 5.05. The van der Waals surface area contributed by atoms with Crippen molar-refractivity contribution in [1.82, 2.24) is 0 Å². The van der Waals surface area contributed by atoms with Crippen LogP contribution in [-0.4, -0.2) is 12.2 Å². The largest absolute Gasteiger partial charge is 0.369 e. The van der Waals surface area contributed by atoms with Crippen molar-refractivity contribution in [2.45, 2.75) is 51.7 Å². The summed E-state index contributed by atoms with van der Waals surface area (Å²) in [5.74, 6) is 0.845. The van der Waals surface area contributed by atoms with E-state index in [1.807, 2.05) is 0 Å². The van der Waals surface area contributed by atoms with Crippen LogP contribution in [-0.2, 0) is 4.74 Å². The molecule has 0 radical (unpaired) electrons. The number of rotatable bonds is 0. The molecule has 2 saturated carbocycles. The molecule has 1 nitrogen and oxygen atoms in total. The van der Waals surface area contributed by atoms with Gasteiger partial charge in [-0.15, -0.1) is 0 Å². The highest BCUT2D eigenvalue weighted by molar-refractivity contribution is 5.24. The van der Waals surface area contributed by atoms with E-state index in [0.717, 1.165) is 5.92 Å². The minimum absolute atomic E-state index is 0.506. The van der Waals surface area contributed by atoms with E-state index in [1.165, 1.54) is 25.7 Å². The molecule has 0 aromatic carbocycles. The average molecular weight is 178 g/mol. The van der Waals surface area contributed by atoms with Gasteiger partial charge in [-0.2, -0.15) is 0 Å². The zero-order chi connectivity index (χ0) is 9.05. The molecule has 3 rings (SSSR count). The van der Waals surface area contributed by atoms with Gasteiger partial charge in [0.05, 0.1) is 12.2 Å². The molecule has 1 saturated heterocycles. The molecule has 72 valence electrons. The summed E-state index contributed by atoms with van der Waals surface area (Å²) in [6.45, 7) is 4.65. The van der Waals surface area contributed by atoms with Gasteiger partial charge >= 0.3 is 0 Å². The number of fused-ring (bicyclic) bond motifs is 3. The van der Waals surface area contributed by atoms with E-state index in [2.05, 4.69) is 19.9 Å². The van der Waals surface area contributed by atoms with E-state index in [4.69, 9.17) is 4.74 Å². The molecule has 1 aliphatic heterocycles. The van der Waals surface area contributed by atoms with Crippen molar-refractivity contribution in [3.8, 4) is 0 Å². The highest BCUT2D eigenvalue weighted by atomic mass is 16.6. The lowest BCUT2D eigenvalue weighted by molar-refractivity contribution is 0.200. The number of hydrogen-bond donors (Lipinski definition) is 0. The molecule has 1 unspecified atom stereocenters. The molecule has 0 aromatic heterocycles. The summed E-state index contributed by atoms with van der Waals surface area (Å²) in [6, 6.07) is 0. The van der Waals surface area contributed by atoms with Crippen LogP contribution in [0.2, 0.25) is 0 Å². The maximum atomic E-state index is 5.72. The van der Waals surface area contributed by atoms with E-state index >= 15 is 0 Å². The Bertz CT molecular complexity index is 268. The van der Waals surface area contributed by atoms with Crippen LogP contribution < -0.4 is 0 Å². The molecule has 1 heterocycles. The molecule has 13 heavy (non-hydrogen) atoms. The van der Waals surface area contributed by atoms with Gasteiger partial charge < -0.3 is 4.74 Å². The zero-order valence-electron chi connectivity index (χ0n) is 8.55. The predicted molar refractivity (Wildman–Crippen MR) is 52.5 cm³/mol. The highest BCUT2D eigenvalue weighted by Crippen LogP contribution is 2.60. The van der Waals surface area contributed by atoms with E-state index in [1.54, 1.807) is 5.57 Å². The van der Waals surface area contributed by atoms with Gasteiger partial charge in [0.2, 0.25) is 0 Å². The third-order valence-corrected chi connectivity index (χ3v) is 4.59. The average Bonchev–Trinajstić information content (AvgIpc) is 2.82. The Balaban J connectivity index is 1.96. The maximum Gasteiger partial charge on any atom is 0.0878 e. The van der Waals surface area contributed by atoms with Crippen LogP contribution in [0.15, 0.2) is 11.6 Å². The standard InChI is InChI=1S/C12H18O/c1-3-8-4-5-9-11-10(13-11)6-7-12(8,9)2/h3,9-11H,4-7H2,1-2H3/b8-3-/t9-,10-,11?,12+/m0/s1. The Morgan fingerprint density at radius 3 is 3.08 bits per heavy atom. The van der Waals surface area contributed by atoms with E-state index in [0.29, 0.717) is 17.6 Å². The lowest BCUT2D eigenvalue weighted by Gasteiger charge is -2.35. The molecule has 0 spiro atoms. The number of epoxide rings is 1. The van der Waals surface area contributed by atoms with Crippen LogP contribution in [0.5, 0.6) is 0 Å². The number of hydrogen-bond acceptors (Lipinski definition) is 1. The van der Waals surface area contributed by atoms with E-state index in [-0.39, 0.29) is 0 Å². The van der Waals surface area contributed by atoms with Crippen LogP contribution in [0, 0.1) is 11.3 Å². The molecule has 0 aromatic rings. The van der Waals surface area contributed by atoms with Gasteiger partial charge in [-0.1, -0.05) is 18.6 Å². The summed E-state index contributed by atoms with van der Waals surface area (Å²) in [5.41, 5.74) is 2.21. The van der Waals surface area contributed by atoms with Crippen LogP contribution >= 0.6 is 0 Å². The van der Waals surface area contributed by atoms with Crippen LogP contribution in [0.3, 0.4) is 0 Å². The second kappa shape index (κ2) is 2.38. The van der Waals surface area contributed by atoms with Crippen molar-refractivity contribution >= 4 is 0 Å². The van der Waals surface area contributed by atoms with Crippen molar-refractivity contribution < 1.29 is 4.74 Å². The monoisotopic (exact) mass is 178 g/mol. The Hall–Kier alpha value is -0.300. The summed E-state index contributed by atoms with van der Waals surface area (Å²) < 4.78 is 5.72. The third kappa shape index (κ3) is 0.914. The molecular weight excluding hydrogens is 160 g/mol. The minimum atomic E-state index is 0.506. The summed E-state index contributed by atoms with van der Waals surface area (Å²) in [5, 5.41) is 0. The van der Waals surface area contributed by atoms with Gasteiger partial charge in [-0.25, -0.2) is 0 Å². The lowest BCUT2D eigenvalue weighted by Crippen LogP contribution is -2.32. The Morgan fingerprint density at radius 2 is 2.31 bits per heavy atom. The molecule has 0 amide bonds. The minimum Gasteiger partial charge on any atom is -0.369 e. The topological polar surface area (TPSA) is 12.5 Å². The Kier molecular flexibility index (Phi) is 1.48. The summed E-state index contributed by atoms with van der Waals surface area (Å²) >= 11 is 0. The molecule has 0 bridgehead atoms. The van der Waals surface area contributed by atoms with Crippen LogP contribution in [0.1, 0.15) is 39.5 Å².